The highest BCUT2D eigenvalue weighted by Gasteiger charge is 2.64. The number of ketones is 1. The Labute approximate surface area is 761 Å². The molecule has 127 heavy (non-hydrogen) atoms. The number of nitrogens with zero attached hydrogens (tertiary/aromatic N) is 2. The Morgan fingerprint density at radius 3 is 2.17 bits per heavy atom. The van der Waals surface area contributed by atoms with Crippen LogP contribution < -0.4 is 57.9 Å². The minimum absolute atomic E-state index is 0.00686. The van der Waals surface area contributed by atoms with Gasteiger partial charge in [-0.15, -0.1) is 0 Å². The number of carbonyl (C=O) groups is 12. The van der Waals surface area contributed by atoms with Crippen molar-refractivity contribution in [1.29, 1.82) is 0 Å². The molecule has 10 amide bonds. The van der Waals surface area contributed by atoms with Crippen molar-refractivity contribution >= 4 is 137 Å². The van der Waals surface area contributed by atoms with Crippen LogP contribution in [0.15, 0.2) is 127 Å². The summed E-state index contributed by atoms with van der Waals surface area (Å²) in [4.78, 5) is 177. The number of anilines is 1. The van der Waals surface area contributed by atoms with Gasteiger partial charge in [-0.3, -0.25) is 53.3 Å². The van der Waals surface area contributed by atoms with Crippen LogP contribution in [0.25, 0.3) is 5.57 Å². The van der Waals surface area contributed by atoms with Crippen molar-refractivity contribution in [2.24, 2.45) is 17.6 Å². The predicted molar refractivity (Wildman–Crippen MR) is 488 cm³/mol. The molecule has 3 fully saturated rings. The second kappa shape index (κ2) is 48.6. The van der Waals surface area contributed by atoms with Gasteiger partial charge in [0.25, 0.3) is 0 Å². The first kappa shape index (κ1) is 102. The molecule has 3 saturated heterocycles. The molecule has 5 aliphatic rings. The summed E-state index contributed by atoms with van der Waals surface area (Å²) in [5, 5.41) is 65.8. The summed E-state index contributed by atoms with van der Waals surface area (Å²) in [5.74, 6) is -9.53. The van der Waals surface area contributed by atoms with Gasteiger partial charge in [-0.25, -0.2) is 9.59 Å². The molecule has 14 N–H and O–H groups in total. The number of likely N-dealkylation sites (N-methyl/N-ethyl adjacent to an activating group) is 1. The average Bonchev–Trinajstić information content (AvgIpc) is 1.57. The van der Waals surface area contributed by atoms with E-state index in [-0.39, 0.29) is 98.3 Å². The van der Waals surface area contributed by atoms with Crippen LogP contribution in [0.4, 0.5) is 10.5 Å². The predicted octanol–water partition coefficient (Wildman–Crippen LogP) is 5.83. The van der Waals surface area contributed by atoms with Crippen LogP contribution >= 0.6 is 54.8 Å². The highest BCUT2D eigenvalue weighted by molar-refractivity contribution is 8.77. The van der Waals surface area contributed by atoms with Crippen molar-refractivity contribution in [3.8, 4) is 5.75 Å². The molecule has 4 heterocycles. The van der Waals surface area contributed by atoms with E-state index < -0.39 is 186 Å². The number of methoxy groups -OCH3 is 2. The van der Waals surface area contributed by atoms with E-state index in [1.54, 1.807) is 106 Å². The van der Waals surface area contributed by atoms with E-state index in [1.165, 1.54) is 73.4 Å². The van der Waals surface area contributed by atoms with Crippen LogP contribution in [0.1, 0.15) is 134 Å². The zero-order valence-electron chi connectivity index (χ0n) is 73.1. The summed E-state index contributed by atoms with van der Waals surface area (Å²) < 4.78 is 29.9. The zero-order valence-corrected chi connectivity index (χ0v) is 77.2. The maximum absolute atomic E-state index is 15.4. The fourth-order valence-electron chi connectivity index (χ4n) is 15.6. The third-order valence-electron chi connectivity index (χ3n) is 23.4. The van der Waals surface area contributed by atoms with Gasteiger partial charge in [0, 0.05) is 101 Å². The van der Waals surface area contributed by atoms with Gasteiger partial charge in [-0.1, -0.05) is 177 Å². The lowest BCUT2D eigenvalue weighted by atomic mass is 9.83. The number of hydrogen-bond donors (Lipinski definition) is 13. The Kier molecular flexibility index (Phi) is 38.9. The Morgan fingerprint density at radius 2 is 1.50 bits per heavy atom. The monoisotopic (exact) mass is 1850 g/mol. The second-order valence-corrected chi connectivity index (χ2v) is 38.5. The summed E-state index contributed by atoms with van der Waals surface area (Å²) in [6.45, 7) is 8.98. The molecule has 0 aromatic heterocycles. The largest absolute Gasteiger partial charge is 0.495 e. The molecule has 0 saturated carbocycles. The molecule has 1 aliphatic carbocycles. The van der Waals surface area contributed by atoms with Crippen molar-refractivity contribution in [2.45, 2.75) is 228 Å². The smallest absolute Gasteiger partial charge is 0.409 e. The number of allylic oxidation sites excluding steroid dienone is 4. The van der Waals surface area contributed by atoms with E-state index in [9.17, 15) is 58.8 Å². The number of aliphatic hydroxyl groups excluding tert-OH is 3. The maximum atomic E-state index is 15.4. The summed E-state index contributed by atoms with van der Waals surface area (Å²) in [5.41, 5.74) is 8.52. The number of halogens is 1. The quantitative estimate of drug-likeness (QED) is 0.0126. The van der Waals surface area contributed by atoms with Gasteiger partial charge in [0.2, 0.25) is 53.2 Å². The van der Waals surface area contributed by atoms with Gasteiger partial charge in [0.1, 0.15) is 70.9 Å². The lowest BCUT2D eigenvalue weighted by Gasteiger charge is -2.42. The number of hydrogen-bond acceptors (Lipinski definition) is 26. The number of carbonyl (C=O) groups excluding carboxylic acids is 12. The minimum atomic E-state index is -1.93. The first-order valence-corrected chi connectivity index (χ1v) is 47.9. The molecular formula is C90H120ClN11O21S4. The molecule has 18 atom stereocenters. The highest BCUT2D eigenvalue weighted by Crippen LogP contribution is 2.50. The maximum Gasteiger partial charge on any atom is 0.409 e. The van der Waals surface area contributed by atoms with E-state index in [1.807, 2.05) is 43.3 Å². The summed E-state index contributed by atoms with van der Waals surface area (Å²) in [6.07, 6.45) is -0.0440. The molecule has 0 unspecified atom stereocenters. The normalized spacial score (nSPS) is 26.6. The number of Topliss-reactive ketones (excluding diaryl/α,β-unsaturated/α-hetero) is 1. The number of ether oxygens (including phenoxy) is 5. The van der Waals surface area contributed by atoms with Crippen molar-refractivity contribution in [2.75, 3.05) is 69.4 Å². The van der Waals surface area contributed by atoms with E-state index >= 15 is 19.2 Å². The van der Waals surface area contributed by atoms with Gasteiger partial charge in [0.15, 0.2) is 11.5 Å². The Hall–Kier alpha value is -9.05. The number of nitrogens with two attached hydrogens (primary N) is 1. The fourth-order valence-corrected chi connectivity index (χ4v) is 20.2. The second-order valence-electron chi connectivity index (χ2n) is 32.9. The van der Waals surface area contributed by atoms with Crippen LogP contribution in [0.2, 0.25) is 5.02 Å². The number of aliphatic hydroxyl groups is 4. The lowest BCUT2D eigenvalue weighted by molar-refractivity contribution is -0.161. The number of nitrogens with one attached hydrogen (secondary N) is 8. The van der Waals surface area contributed by atoms with Crippen molar-refractivity contribution in [1.82, 2.24) is 47.4 Å². The van der Waals surface area contributed by atoms with Crippen molar-refractivity contribution < 1.29 is 102 Å². The molecule has 0 spiro atoms. The molecule has 4 aromatic rings. The number of rotatable bonds is 30. The number of unbranched alkanes of at least 4 members (excludes halogenated alkanes) is 1. The van der Waals surface area contributed by atoms with Crippen LogP contribution in [-0.2, 0) is 97.4 Å². The summed E-state index contributed by atoms with van der Waals surface area (Å²) in [7, 11) is 10.4. The summed E-state index contributed by atoms with van der Waals surface area (Å²) in [6, 6.07) is 17.6. The Morgan fingerprint density at radius 1 is 0.827 bits per heavy atom. The Balaban J connectivity index is 0.895. The van der Waals surface area contributed by atoms with Crippen LogP contribution in [0.5, 0.6) is 5.75 Å². The molecule has 4 aromatic carbocycles. The fraction of sp³-hybridized carbons (Fsp3) is 0.533. The Bertz CT molecular complexity index is 4610. The molecule has 0 radical (unpaired) electrons. The van der Waals surface area contributed by atoms with E-state index in [0.29, 0.717) is 48.2 Å². The molecule has 9 rings (SSSR count). The standard InChI is InChI=1S/C90H120ClN11O21S4/c1-51-22-21-30-74(120-10)90(118)47-72(121-88(117)100-90)52(2)80-89(6,123-80)73(33-34-76(108)102(8)69-43-58(40-51)44-71(119-9)78(69)91)122-87(116)53(3)101(7)77(109)36-39-125-124-38-35-75(107)93-64(42-57-25-15-12-16-26-57)83(112)97-67-49-126-127-50-68(85(114)96-66(48-103)54(4)104)98-86(115)79(55(5)105)99-82(111)63(29-19-20-37-92)94-84(113)65(45-60-32-31-59-27-17-18-28-62(59)60)95-81(110)61(46-70(67)106)41-56-23-13-11-14-24-56/h11-18,21-28,30,32,43-44,52-55,61,63-68,72-74,79-80,103-105,118H,19-20,29,31,33-42,45-50,92H2,1-10H3,(H,93,107)(H,94,113)(H,95,110)(H,96,114)(H,97,112)(H,98,115)(H,99,111)(H,100,117)/b30-21+,51-22+/t52-,53+,54-,55-,61-,63+,64-,65-,66-,67+,68+,72+,73+,74-,79+,80+,89+,90+/m1/s1. The van der Waals surface area contributed by atoms with Gasteiger partial charge in [-0.2, -0.15) is 0 Å². The molecule has 4 aliphatic heterocycles. The van der Waals surface area contributed by atoms with Gasteiger partial charge >= 0.3 is 12.1 Å². The first-order chi connectivity index (χ1) is 60.6. The van der Waals surface area contributed by atoms with E-state index in [4.69, 9.17) is 41.0 Å². The number of epoxide rings is 1. The lowest BCUT2D eigenvalue weighted by Crippen LogP contribution is -2.63. The number of esters is 1. The average molecular weight is 1860 g/mol. The van der Waals surface area contributed by atoms with E-state index in [0.717, 1.165) is 49.4 Å². The molecule has 32 nitrogen and oxygen atoms in total. The SMILES string of the molecule is COc1cc2cc(c1Cl)N(C)C(=O)CC[C@H](OC(=O)[C@H](C)N(C)C(=O)CCSSCCC(=O)N[C@H](Cc1ccccc1)C(=O)N[C@H]1CSSC[C@@H](C(=O)N[C@H](CO)[C@@H](C)O)NC(=O)[C@H]([C@@H](C)O)NC(=O)[C@H](CCCCN)NC(=O)[C@@H](CC3=CCc4ccccc43)NC(=O)[C@H](Cc3ccccc3)CC1=O)[C@]1(C)O[C@H]1[C@H](C)[C@@H]1C[C@@](O)(NC(=O)O1)[C@H](OC)/C=C/C=C(\C)C2. The topological polar surface area (TPSA) is 464 Å². The first-order valence-electron chi connectivity index (χ1n) is 42.6. The number of alkyl carbamates (subject to hydrolysis) is 1. The number of benzene rings is 4. The van der Waals surface area contributed by atoms with Crippen LogP contribution in [0.3, 0.4) is 0 Å². The zero-order chi connectivity index (χ0) is 92.4. The van der Waals surface area contributed by atoms with Gasteiger partial charge < -0.3 is 96.9 Å². The summed E-state index contributed by atoms with van der Waals surface area (Å²) >= 11 is 6.87. The minimum Gasteiger partial charge on any atom is -0.495 e. The van der Waals surface area contributed by atoms with Gasteiger partial charge in [-0.05, 0) is 132 Å². The van der Waals surface area contributed by atoms with E-state index in [2.05, 4.69) is 42.5 Å². The highest BCUT2D eigenvalue weighted by atomic mass is 35.5. The molecule has 692 valence electrons. The van der Waals surface area contributed by atoms with Crippen LogP contribution in [-0.4, -0.2) is 257 Å². The molecule has 4 bridgehead atoms. The van der Waals surface area contributed by atoms with Crippen LogP contribution in [0, 0.1) is 11.8 Å². The van der Waals surface area contributed by atoms with Crippen molar-refractivity contribution in [3.63, 3.8) is 0 Å². The molecule has 37 heteroatoms. The third-order valence-corrected chi connectivity index (χ3v) is 28.6. The van der Waals surface area contributed by atoms with Gasteiger partial charge in [0.05, 0.1) is 49.8 Å². The van der Waals surface area contributed by atoms with Crippen molar-refractivity contribution in [3.05, 3.63) is 160 Å². The number of fused-ring (bicyclic) bond motifs is 6. The number of amides is 10. The third kappa shape index (κ3) is 28.7. The molecular weight excluding hydrogens is 1730 g/mol.